The van der Waals surface area contributed by atoms with Gasteiger partial charge in [-0.15, -0.1) is 0 Å². The van der Waals surface area contributed by atoms with Gasteiger partial charge in [0.15, 0.2) is 0 Å². The molecule has 0 bridgehead atoms. The van der Waals surface area contributed by atoms with Gasteiger partial charge in [-0.05, 0) is 38.2 Å². The summed E-state index contributed by atoms with van der Waals surface area (Å²) in [6, 6.07) is 6.72. The molecule has 0 amide bonds. The third-order valence-electron chi connectivity index (χ3n) is 3.57. The molecule has 2 rings (SSSR count). The average Bonchev–Trinajstić information content (AvgIpc) is 2.43. The molecule has 0 radical (unpaired) electrons. The van der Waals surface area contributed by atoms with E-state index in [1.54, 1.807) is 12.1 Å². The molecule has 1 aromatic rings. The van der Waals surface area contributed by atoms with Crippen LogP contribution in [-0.4, -0.2) is 57.4 Å². The van der Waals surface area contributed by atoms with Gasteiger partial charge in [-0.3, -0.25) is 0 Å². The van der Waals surface area contributed by atoms with Crippen molar-refractivity contribution in [2.75, 3.05) is 51.3 Å². The van der Waals surface area contributed by atoms with Crippen molar-refractivity contribution in [2.24, 2.45) is 5.73 Å². The van der Waals surface area contributed by atoms with Gasteiger partial charge in [0.05, 0.1) is 12.7 Å². The van der Waals surface area contributed by atoms with Gasteiger partial charge in [0.25, 0.3) is 0 Å². The molecule has 4 nitrogen and oxygen atoms in total. The fourth-order valence-corrected chi connectivity index (χ4v) is 2.50. The van der Waals surface area contributed by atoms with Crippen LogP contribution in [0.2, 0.25) is 0 Å². The van der Waals surface area contributed by atoms with Crippen molar-refractivity contribution in [3.05, 3.63) is 30.1 Å². The monoisotopic (exact) mass is 281 g/mol. The predicted molar refractivity (Wildman–Crippen MR) is 79.5 cm³/mol. The summed E-state index contributed by atoms with van der Waals surface area (Å²) >= 11 is 0. The van der Waals surface area contributed by atoms with Gasteiger partial charge in [0.2, 0.25) is 0 Å². The van der Waals surface area contributed by atoms with Gasteiger partial charge in [-0.2, -0.15) is 0 Å². The van der Waals surface area contributed by atoms with Crippen LogP contribution in [0.15, 0.2) is 24.3 Å². The first-order valence-corrected chi connectivity index (χ1v) is 7.20. The molecule has 0 aliphatic carbocycles. The zero-order valence-corrected chi connectivity index (χ0v) is 12.1. The zero-order valence-electron chi connectivity index (χ0n) is 12.1. The number of halogens is 1. The Morgan fingerprint density at radius 1 is 1.50 bits per heavy atom. The van der Waals surface area contributed by atoms with Crippen LogP contribution in [0.4, 0.5) is 10.1 Å². The van der Waals surface area contributed by atoms with E-state index in [4.69, 9.17) is 10.5 Å². The van der Waals surface area contributed by atoms with Crippen molar-refractivity contribution in [3.63, 3.8) is 0 Å². The quantitative estimate of drug-likeness (QED) is 0.854. The minimum atomic E-state index is -0.207. The van der Waals surface area contributed by atoms with Crippen molar-refractivity contribution in [3.8, 4) is 0 Å². The van der Waals surface area contributed by atoms with Crippen LogP contribution in [0.1, 0.15) is 6.42 Å². The fourth-order valence-electron chi connectivity index (χ4n) is 2.50. The van der Waals surface area contributed by atoms with E-state index in [-0.39, 0.29) is 11.9 Å². The smallest absolute Gasteiger partial charge is 0.125 e. The van der Waals surface area contributed by atoms with Crippen LogP contribution in [-0.2, 0) is 4.74 Å². The molecule has 1 aromatic carbocycles. The summed E-state index contributed by atoms with van der Waals surface area (Å²) in [5.74, 6) is -0.207. The lowest BCUT2D eigenvalue weighted by Crippen LogP contribution is -2.46. The first-order valence-electron chi connectivity index (χ1n) is 7.20. The maximum atomic E-state index is 13.4. The number of benzene rings is 1. The van der Waals surface area contributed by atoms with Gasteiger partial charge in [0.1, 0.15) is 5.82 Å². The topological polar surface area (TPSA) is 41.7 Å². The fraction of sp³-hybridized carbons (Fsp3) is 0.600. The summed E-state index contributed by atoms with van der Waals surface area (Å²) in [5.41, 5.74) is 6.50. The minimum absolute atomic E-state index is 0.162. The van der Waals surface area contributed by atoms with Crippen LogP contribution in [0.25, 0.3) is 0 Å². The molecule has 1 saturated heterocycles. The Bertz CT molecular complexity index is 416. The number of ether oxygens (including phenoxy) is 1. The Morgan fingerprint density at radius 3 is 3.05 bits per heavy atom. The Kier molecular flexibility index (Phi) is 5.76. The highest BCUT2D eigenvalue weighted by Gasteiger charge is 2.21. The summed E-state index contributed by atoms with van der Waals surface area (Å²) in [6.07, 6.45) is 1.05. The van der Waals surface area contributed by atoms with Crippen molar-refractivity contribution in [1.82, 2.24) is 4.90 Å². The summed E-state index contributed by atoms with van der Waals surface area (Å²) in [6.45, 7) is 4.87. The maximum absolute atomic E-state index is 13.4. The molecule has 1 fully saturated rings. The summed E-state index contributed by atoms with van der Waals surface area (Å²) in [5, 5.41) is 0. The van der Waals surface area contributed by atoms with Crippen molar-refractivity contribution >= 4 is 5.69 Å². The first-order chi connectivity index (χ1) is 9.69. The Balaban J connectivity index is 2.03. The molecule has 1 aliphatic rings. The van der Waals surface area contributed by atoms with Crippen molar-refractivity contribution in [1.29, 1.82) is 0 Å². The molecule has 2 N–H and O–H groups in total. The van der Waals surface area contributed by atoms with Gasteiger partial charge in [-0.25, -0.2) is 4.39 Å². The predicted octanol–water partition coefficient (Wildman–Crippen LogP) is 1.31. The maximum Gasteiger partial charge on any atom is 0.125 e. The van der Waals surface area contributed by atoms with Crippen LogP contribution >= 0.6 is 0 Å². The van der Waals surface area contributed by atoms with Crippen molar-refractivity contribution < 1.29 is 9.13 Å². The highest BCUT2D eigenvalue weighted by atomic mass is 19.1. The molecule has 0 spiro atoms. The molecule has 5 heteroatoms. The molecule has 20 heavy (non-hydrogen) atoms. The summed E-state index contributed by atoms with van der Waals surface area (Å²) < 4.78 is 19.2. The summed E-state index contributed by atoms with van der Waals surface area (Å²) in [4.78, 5) is 4.43. The molecule has 1 unspecified atom stereocenters. The highest BCUT2D eigenvalue weighted by molar-refractivity contribution is 5.46. The van der Waals surface area contributed by atoms with Crippen LogP contribution < -0.4 is 10.6 Å². The standard InChI is InChI=1S/C15H24FN3O/c1-18-8-9-20-15(11-18)12-19(7-3-6-17)14-5-2-4-13(16)10-14/h2,4-5,10,15H,3,6-9,11-12,17H2,1H3. The van der Waals surface area contributed by atoms with Gasteiger partial charge >= 0.3 is 0 Å². The molecule has 0 aromatic heterocycles. The van der Waals surface area contributed by atoms with Gasteiger partial charge < -0.3 is 20.3 Å². The van der Waals surface area contributed by atoms with E-state index < -0.39 is 0 Å². The third-order valence-corrected chi connectivity index (χ3v) is 3.57. The van der Waals surface area contributed by atoms with Crippen LogP contribution in [0, 0.1) is 5.82 Å². The lowest BCUT2D eigenvalue weighted by atomic mass is 10.2. The third kappa shape index (κ3) is 4.44. The Hall–Kier alpha value is -1.17. The van der Waals surface area contributed by atoms with E-state index in [1.807, 2.05) is 6.07 Å². The lowest BCUT2D eigenvalue weighted by Gasteiger charge is -2.35. The zero-order chi connectivity index (χ0) is 14.4. The second-order valence-electron chi connectivity index (χ2n) is 5.32. The number of hydrogen-bond acceptors (Lipinski definition) is 4. The van der Waals surface area contributed by atoms with E-state index in [0.29, 0.717) is 6.54 Å². The molecule has 1 aliphatic heterocycles. The van der Waals surface area contributed by atoms with Crippen molar-refractivity contribution in [2.45, 2.75) is 12.5 Å². The second kappa shape index (κ2) is 7.57. The molecule has 1 atom stereocenters. The Labute approximate surface area is 120 Å². The number of hydrogen-bond donors (Lipinski definition) is 1. The number of rotatable bonds is 6. The number of nitrogens with zero attached hydrogens (tertiary/aromatic N) is 2. The number of nitrogens with two attached hydrogens (primary N) is 1. The largest absolute Gasteiger partial charge is 0.374 e. The lowest BCUT2D eigenvalue weighted by molar-refractivity contribution is -0.0147. The number of morpholine rings is 1. The van der Waals surface area contributed by atoms with Crippen LogP contribution in [0.5, 0.6) is 0 Å². The van der Waals surface area contributed by atoms with E-state index in [2.05, 4.69) is 16.8 Å². The summed E-state index contributed by atoms with van der Waals surface area (Å²) in [7, 11) is 2.10. The SMILES string of the molecule is CN1CCOC(CN(CCCN)c2cccc(F)c2)C1. The number of anilines is 1. The normalized spacial score (nSPS) is 20.1. The van der Waals surface area contributed by atoms with E-state index >= 15 is 0 Å². The van der Waals surface area contributed by atoms with Crippen LogP contribution in [0.3, 0.4) is 0 Å². The average molecular weight is 281 g/mol. The number of likely N-dealkylation sites (N-methyl/N-ethyl adjacent to an activating group) is 1. The van der Waals surface area contributed by atoms with Gasteiger partial charge in [0, 0.05) is 31.9 Å². The Morgan fingerprint density at radius 2 is 2.35 bits per heavy atom. The first kappa shape index (κ1) is 15.2. The molecular formula is C15H24FN3O. The molecule has 112 valence electrons. The second-order valence-corrected chi connectivity index (χ2v) is 5.32. The van der Waals surface area contributed by atoms with Gasteiger partial charge in [-0.1, -0.05) is 6.07 Å². The molecule has 0 saturated carbocycles. The minimum Gasteiger partial charge on any atom is -0.374 e. The molecular weight excluding hydrogens is 257 g/mol. The highest BCUT2D eigenvalue weighted by Crippen LogP contribution is 2.17. The van der Waals surface area contributed by atoms with E-state index in [0.717, 1.165) is 44.9 Å². The molecule has 1 heterocycles. The van der Waals surface area contributed by atoms with E-state index in [9.17, 15) is 4.39 Å². The van der Waals surface area contributed by atoms with E-state index in [1.165, 1.54) is 6.07 Å².